The molecule has 7 nitrogen and oxygen atoms in total. The van der Waals surface area contributed by atoms with Crippen LogP contribution in [-0.4, -0.2) is 45.9 Å². The Labute approximate surface area is 214 Å². The number of anilines is 1. The lowest BCUT2D eigenvalue weighted by molar-refractivity contribution is 0.117. The Hall–Kier alpha value is -2.53. The van der Waals surface area contributed by atoms with Gasteiger partial charge in [0, 0.05) is 23.3 Å². The molecule has 0 fully saturated rings. The van der Waals surface area contributed by atoms with Crippen molar-refractivity contribution in [1.82, 2.24) is 5.16 Å². The van der Waals surface area contributed by atoms with Gasteiger partial charge in [0.2, 0.25) is 5.88 Å². The highest BCUT2D eigenvalue weighted by Gasteiger charge is 2.34. The molecule has 1 N–H and O–H groups in total. The van der Waals surface area contributed by atoms with Gasteiger partial charge >= 0.3 is 0 Å². The van der Waals surface area contributed by atoms with Crippen molar-refractivity contribution in [2.75, 3.05) is 17.7 Å². The molecule has 1 aromatic heterocycles. The summed E-state index contributed by atoms with van der Waals surface area (Å²) in [6.07, 6.45) is 0.0957. The molecule has 10 heteroatoms. The molecule has 1 atom stereocenters. The Bertz CT molecular complexity index is 1300. The van der Waals surface area contributed by atoms with Gasteiger partial charge in [0.15, 0.2) is 0 Å². The zero-order valence-corrected chi connectivity index (χ0v) is 23.5. The van der Waals surface area contributed by atoms with Crippen LogP contribution in [0.3, 0.4) is 0 Å². The van der Waals surface area contributed by atoms with E-state index in [1.165, 1.54) is 6.07 Å². The van der Waals surface area contributed by atoms with Crippen molar-refractivity contribution in [3.05, 3.63) is 64.8 Å². The monoisotopic (exact) mass is 534 g/mol. The summed E-state index contributed by atoms with van der Waals surface area (Å²) in [5, 5.41) is 13.5. The van der Waals surface area contributed by atoms with Crippen LogP contribution in [0.2, 0.25) is 19.6 Å². The predicted molar refractivity (Wildman–Crippen MR) is 142 cm³/mol. The second-order valence-electron chi connectivity index (χ2n) is 9.94. The molecule has 0 bridgehead atoms. The first-order valence-electron chi connectivity index (χ1n) is 11.9. The van der Waals surface area contributed by atoms with E-state index in [9.17, 15) is 17.9 Å². The Morgan fingerprint density at radius 2 is 1.83 bits per heavy atom. The average molecular weight is 535 g/mol. The van der Waals surface area contributed by atoms with E-state index in [0.29, 0.717) is 33.5 Å². The Morgan fingerprint density at radius 1 is 1.14 bits per heavy atom. The van der Waals surface area contributed by atoms with Crippen molar-refractivity contribution in [3.63, 3.8) is 0 Å². The van der Waals surface area contributed by atoms with Crippen molar-refractivity contribution in [2.45, 2.75) is 64.1 Å². The maximum absolute atomic E-state index is 14.2. The number of alkyl halides is 1. The summed E-state index contributed by atoms with van der Waals surface area (Å²) in [4.78, 5) is 0.0413. The average Bonchev–Trinajstić information content (AvgIpc) is 3.16. The van der Waals surface area contributed by atoms with Crippen LogP contribution in [0.4, 0.5) is 10.3 Å². The summed E-state index contributed by atoms with van der Waals surface area (Å²) < 4.78 is 54.5. The van der Waals surface area contributed by atoms with E-state index in [0.717, 1.165) is 4.31 Å². The fourth-order valence-corrected chi connectivity index (χ4v) is 5.76. The maximum atomic E-state index is 14.2. The maximum Gasteiger partial charge on any atom is 0.269 e. The van der Waals surface area contributed by atoms with Crippen LogP contribution >= 0.6 is 0 Å². The Balaban J connectivity index is 2.16. The summed E-state index contributed by atoms with van der Waals surface area (Å²) in [5.41, 5.74) is 3.34. The molecule has 2 aromatic carbocycles. The van der Waals surface area contributed by atoms with Crippen LogP contribution in [0.25, 0.3) is 11.1 Å². The largest absolute Gasteiger partial charge is 0.392 e. The molecule has 1 heterocycles. The van der Waals surface area contributed by atoms with E-state index in [1.807, 2.05) is 6.92 Å². The fraction of sp³-hybridized carbons (Fsp3) is 0.423. The molecule has 1 unspecified atom stereocenters. The molecule has 0 saturated carbocycles. The van der Waals surface area contributed by atoms with Crippen LogP contribution in [0.15, 0.2) is 51.9 Å². The van der Waals surface area contributed by atoms with Crippen LogP contribution in [0.5, 0.6) is 0 Å². The van der Waals surface area contributed by atoms with E-state index in [-0.39, 0.29) is 36.3 Å². The molecule has 0 aliphatic rings. The van der Waals surface area contributed by atoms with Gasteiger partial charge in [-0.25, -0.2) is 12.7 Å². The summed E-state index contributed by atoms with van der Waals surface area (Å²) in [7, 11) is -5.89. The molecule has 0 radical (unpaired) electrons. The lowest BCUT2D eigenvalue weighted by Gasteiger charge is -2.29. The molecule has 3 aromatic rings. The van der Waals surface area contributed by atoms with Gasteiger partial charge in [-0.2, -0.15) is 0 Å². The van der Waals surface area contributed by atoms with E-state index < -0.39 is 24.8 Å². The molecule has 0 spiro atoms. The Morgan fingerprint density at radius 3 is 2.42 bits per heavy atom. The molecule has 0 amide bonds. The molecular weight excluding hydrogens is 499 g/mol. The second-order valence-corrected chi connectivity index (χ2v) is 17.3. The first-order chi connectivity index (χ1) is 16.9. The van der Waals surface area contributed by atoms with Gasteiger partial charge in [0.05, 0.1) is 31.9 Å². The van der Waals surface area contributed by atoms with Gasteiger partial charge in [-0.15, -0.1) is 0 Å². The van der Waals surface area contributed by atoms with E-state index >= 15 is 0 Å². The molecule has 36 heavy (non-hydrogen) atoms. The molecule has 196 valence electrons. The Kier molecular flexibility index (Phi) is 8.76. The predicted octanol–water partition coefficient (Wildman–Crippen LogP) is 5.40. The fourth-order valence-electron chi connectivity index (χ4n) is 3.65. The van der Waals surface area contributed by atoms with Crippen LogP contribution in [-0.2, 0) is 27.8 Å². The lowest BCUT2D eigenvalue weighted by Crippen LogP contribution is -2.42. The van der Waals surface area contributed by atoms with Crippen molar-refractivity contribution < 1.29 is 27.2 Å². The highest BCUT2D eigenvalue weighted by Crippen LogP contribution is 2.36. The normalized spacial score (nSPS) is 13.1. The van der Waals surface area contributed by atoms with Gasteiger partial charge in [0.25, 0.3) is 10.0 Å². The van der Waals surface area contributed by atoms with Gasteiger partial charge < -0.3 is 14.4 Å². The SMILES string of the molecule is Cc1noc(N(COC(C)[Si](C)(C)C)S(=O)(=O)c2ccccc2-c2ccc(CO)cc2CCF)c1C. The smallest absolute Gasteiger partial charge is 0.269 e. The number of aliphatic hydroxyl groups is 1. The van der Waals surface area contributed by atoms with Crippen molar-refractivity contribution in [2.24, 2.45) is 0 Å². The summed E-state index contributed by atoms with van der Waals surface area (Å²) in [5.74, 6) is 0.102. The summed E-state index contributed by atoms with van der Waals surface area (Å²) in [6, 6.07) is 11.8. The number of benzene rings is 2. The van der Waals surface area contributed by atoms with Gasteiger partial charge in [-0.05, 0) is 43.5 Å². The minimum atomic E-state index is -4.18. The van der Waals surface area contributed by atoms with Crippen LogP contribution in [0, 0.1) is 13.8 Å². The van der Waals surface area contributed by atoms with Crippen molar-refractivity contribution >= 4 is 24.0 Å². The number of halogens is 1. The summed E-state index contributed by atoms with van der Waals surface area (Å²) in [6.45, 7) is 10.9. The second kappa shape index (κ2) is 11.2. The van der Waals surface area contributed by atoms with E-state index in [2.05, 4.69) is 24.8 Å². The van der Waals surface area contributed by atoms with Crippen LogP contribution < -0.4 is 4.31 Å². The molecular formula is C26H35FN2O5SSi. The number of aryl methyl sites for hydroxylation is 2. The van der Waals surface area contributed by atoms with Gasteiger partial charge in [-0.3, -0.25) is 4.39 Å². The first kappa shape index (κ1) is 28.0. The van der Waals surface area contributed by atoms with Gasteiger partial charge in [-0.1, -0.05) is 61.2 Å². The minimum Gasteiger partial charge on any atom is -0.392 e. The molecule has 3 rings (SSSR count). The van der Waals surface area contributed by atoms with E-state index in [4.69, 9.17) is 9.26 Å². The van der Waals surface area contributed by atoms with E-state index in [1.54, 1.807) is 50.2 Å². The number of hydrogen-bond acceptors (Lipinski definition) is 6. The van der Waals surface area contributed by atoms with Gasteiger partial charge in [0.1, 0.15) is 6.73 Å². The van der Waals surface area contributed by atoms with Crippen molar-refractivity contribution in [3.8, 4) is 11.1 Å². The highest BCUT2D eigenvalue weighted by atomic mass is 32.2. The number of sulfonamides is 1. The molecule has 0 aliphatic heterocycles. The zero-order valence-electron chi connectivity index (χ0n) is 21.7. The number of hydrogen-bond donors (Lipinski definition) is 1. The third kappa shape index (κ3) is 5.88. The standard InChI is InChI=1S/C26H35FN2O5SSi/c1-18-19(2)28-34-26(18)29(17-33-20(3)36(4,5)6)35(31,32)25-10-8-7-9-24(25)23-12-11-21(16-30)15-22(23)13-14-27/h7-12,15,20,30H,13-14,16-17H2,1-6H3. The highest BCUT2D eigenvalue weighted by molar-refractivity contribution is 7.93. The van der Waals surface area contributed by atoms with Crippen LogP contribution in [0.1, 0.15) is 29.3 Å². The third-order valence-electron chi connectivity index (χ3n) is 6.48. The topological polar surface area (TPSA) is 92.9 Å². The minimum absolute atomic E-state index is 0.0413. The zero-order chi connectivity index (χ0) is 26.7. The number of aromatic nitrogens is 1. The number of ether oxygens (including phenoxy) is 1. The summed E-state index contributed by atoms with van der Waals surface area (Å²) >= 11 is 0. The first-order valence-corrected chi connectivity index (χ1v) is 16.9. The number of nitrogens with zero attached hydrogens (tertiary/aromatic N) is 2. The number of aliphatic hydroxyl groups excluding tert-OH is 1. The number of rotatable bonds is 11. The van der Waals surface area contributed by atoms with Crippen molar-refractivity contribution in [1.29, 1.82) is 0 Å². The quantitative estimate of drug-likeness (QED) is 0.262. The third-order valence-corrected chi connectivity index (χ3v) is 10.9. The lowest BCUT2D eigenvalue weighted by atomic mass is 9.96. The molecule has 0 aliphatic carbocycles. The molecule has 0 saturated heterocycles.